The maximum Gasteiger partial charge on any atom is 0.224 e. The molecule has 0 aliphatic carbocycles. The lowest BCUT2D eigenvalue weighted by Crippen LogP contribution is -2.32. The summed E-state index contributed by atoms with van der Waals surface area (Å²) < 4.78 is 0. The molecule has 0 bridgehead atoms. The van der Waals surface area contributed by atoms with Gasteiger partial charge in [-0.2, -0.15) is 0 Å². The van der Waals surface area contributed by atoms with E-state index in [-0.39, 0.29) is 5.91 Å². The second-order valence-corrected chi connectivity index (χ2v) is 4.22. The van der Waals surface area contributed by atoms with E-state index in [9.17, 15) is 4.79 Å². The quantitative estimate of drug-likeness (QED) is 0.828. The van der Waals surface area contributed by atoms with Gasteiger partial charge in [0.2, 0.25) is 5.91 Å². The van der Waals surface area contributed by atoms with Crippen molar-refractivity contribution in [1.29, 1.82) is 0 Å². The molecule has 1 aromatic carbocycles. The number of rotatable bonds is 4. The van der Waals surface area contributed by atoms with Crippen molar-refractivity contribution in [3.8, 4) is 0 Å². The number of likely N-dealkylation sites (N-methyl/N-ethyl adjacent to an activating group) is 1. The van der Waals surface area contributed by atoms with Gasteiger partial charge in [0, 0.05) is 25.6 Å². The summed E-state index contributed by atoms with van der Waals surface area (Å²) in [4.78, 5) is 13.7. The standard InChI is InChI=1S/C13H18N2O/c1-2-14-12-8-13(16)15(10-12)9-11-6-4-3-5-7-11/h3-7,12,14H,2,8-10H2,1H3. The van der Waals surface area contributed by atoms with Gasteiger partial charge in [0.25, 0.3) is 0 Å². The molecule has 2 rings (SSSR count). The molecular formula is C13H18N2O. The third-order valence-corrected chi connectivity index (χ3v) is 2.92. The van der Waals surface area contributed by atoms with E-state index >= 15 is 0 Å². The molecule has 1 atom stereocenters. The number of nitrogens with one attached hydrogen (secondary N) is 1. The Morgan fingerprint density at radius 2 is 2.12 bits per heavy atom. The van der Waals surface area contributed by atoms with Gasteiger partial charge < -0.3 is 10.2 Å². The molecule has 16 heavy (non-hydrogen) atoms. The minimum absolute atomic E-state index is 0.259. The zero-order chi connectivity index (χ0) is 11.4. The van der Waals surface area contributed by atoms with Crippen LogP contribution >= 0.6 is 0 Å². The number of hydrogen-bond acceptors (Lipinski definition) is 2. The van der Waals surface area contributed by atoms with Crippen LogP contribution in [0.5, 0.6) is 0 Å². The van der Waals surface area contributed by atoms with Gasteiger partial charge in [0.15, 0.2) is 0 Å². The van der Waals surface area contributed by atoms with E-state index in [0.717, 1.165) is 19.6 Å². The smallest absolute Gasteiger partial charge is 0.224 e. The van der Waals surface area contributed by atoms with Crippen molar-refractivity contribution in [3.63, 3.8) is 0 Å². The molecule has 1 heterocycles. The zero-order valence-electron chi connectivity index (χ0n) is 9.65. The summed E-state index contributed by atoms with van der Waals surface area (Å²) in [5.74, 6) is 0.259. The van der Waals surface area contributed by atoms with Gasteiger partial charge in [-0.1, -0.05) is 37.3 Å². The van der Waals surface area contributed by atoms with Crippen LogP contribution < -0.4 is 5.32 Å². The molecular weight excluding hydrogens is 200 g/mol. The number of likely N-dealkylation sites (tertiary alicyclic amines) is 1. The van der Waals surface area contributed by atoms with Gasteiger partial charge in [-0.25, -0.2) is 0 Å². The minimum Gasteiger partial charge on any atom is -0.337 e. The number of carbonyl (C=O) groups is 1. The molecule has 1 aliphatic heterocycles. The highest BCUT2D eigenvalue weighted by Crippen LogP contribution is 2.14. The van der Waals surface area contributed by atoms with Crippen LogP contribution in [0.15, 0.2) is 30.3 Å². The molecule has 1 fully saturated rings. The molecule has 1 saturated heterocycles. The van der Waals surface area contributed by atoms with Crippen molar-refractivity contribution >= 4 is 5.91 Å². The topological polar surface area (TPSA) is 32.3 Å². The summed E-state index contributed by atoms with van der Waals surface area (Å²) in [6.45, 7) is 4.57. The van der Waals surface area contributed by atoms with E-state index in [1.54, 1.807) is 0 Å². The molecule has 3 heteroatoms. The number of amides is 1. The second kappa shape index (κ2) is 5.12. The summed E-state index contributed by atoms with van der Waals surface area (Å²) in [7, 11) is 0. The highest BCUT2D eigenvalue weighted by Gasteiger charge is 2.28. The van der Waals surface area contributed by atoms with Crippen LogP contribution in [0.1, 0.15) is 18.9 Å². The Morgan fingerprint density at radius 3 is 2.81 bits per heavy atom. The molecule has 1 aromatic rings. The van der Waals surface area contributed by atoms with E-state index in [1.807, 2.05) is 23.1 Å². The van der Waals surface area contributed by atoms with Crippen LogP contribution in [0, 0.1) is 0 Å². The van der Waals surface area contributed by atoms with Gasteiger partial charge >= 0.3 is 0 Å². The fourth-order valence-electron chi connectivity index (χ4n) is 2.15. The van der Waals surface area contributed by atoms with Crippen LogP contribution in [0.2, 0.25) is 0 Å². The third-order valence-electron chi connectivity index (χ3n) is 2.92. The molecule has 1 N–H and O–H groups in total. The Hall–Kier alpha value is -1.35. The summed E-state index contributed by atoms with van der Waals surface area (Å²) in [6, 6.07) is 10.5. The Balaban J connectivity index is 1.94. The molecule has 0 aromatic heterocycles. The van der Waals surface area contributed by atoms with Crippen molar-refractivity contribution in [3.05, 3.63) is 35.9 Å². The predicted octanol–water partition coefficient (Wildman–Crippen LogP) is 1.40. The highest BCUT2D eigenvalue weighted by molar-refractivity contribution is 5.79. The van der Waals surface area contributed by atoms with Crippen LogP contribution in [-0.2, 0) is 11.3 Å². The minimum atomic E-state index is 0.259. The van der Waals surface area contributed by atoms with Crippen LogP contribution in [0.4, 0.5) is 0 Å². The van der Waals surface area contributed by atoms with E-state index < -0.39 is 0 Å². The van der Waals surface area contributed by atoms with Crippen molar-refractivity contribution < 1.29 is 4.79 Å². The summed E-state index contributed by atoms with van der Waals surface area (Å²) in [5.41, 5.74) is 1.20. The van der Waals surface area contributed by atoms with E-state index in [2.05, 4.69) is 24.4 Å². The fraction of sp³-hybridized carbons (Fsp3) is 0.462. The molecule has 1 amide bonds. The van der Waals surface area contributed by atoms with E-state index in [1.165, 1.54) is 5.56 Å². The van der Waals surface area contributed by atoms with Crippen LogP contribution in [0.3, 0.4) is 0 Å². The largest absolute Gasteiger partial charge is 0.337 e. The number of hydrogen-bond donors (Lipinski definition) is 1. The molecule has 0 spiro atoms. The van der Waals surface area contributed by atoms with Gasteiger partial charge in [-0.05, 0) is 12.1 Å². The SMILES string of the molecule is CCNC1CC(=O)N(Cc2ccccc2)C1. The van der Waals surface area contributed by atoms with Gasteiger partial charge in [0.05, 0.1) is 0 Å². The van der Waals surface area contributed by atoms with E-state index in [0.29, 0.717) is 12.5 Å². The lowest BCUT2D eigenvalue weighted by molar-refractivity contribution is -0.128. The average molecular weight is 218 g/mol. The first-order valence-corrected chi connectivity index (χ1v) is 5.84. The summed E-state index contributed by atoms with van der Waals surface area (Å²) in [6.07, 6.45) is 0.640. The maximum absolute atomic E-state index is 11.7. The van der Waals surface area contributed by atoms with Crippen LogP contribution in [0.25, 0.3) is 0 Å². The normalized spacial score (nSPS) is 20.4. The first-order valence-electron chi connectivity index (χ1n) is 5.84. The molecule has 0 saturated carbocycles. The lowest BCUT2D eigenvalue weighted by Gasteiger charge is -2.16. The average Bonchev–Trinajstić information content (AvgIpc) is 2.61. The highest BCUT2D eigenvalue weighted by atomic mass is 16.2. The molecule has 3 nitrogen and oxygen atoms in total. The third kappa shape index (κ3) is 2.61. The summed E-state index contributed by atoms with van der Waals surface area (Å²) in [5, 5.41) is 3.33. The monoisotopic (exact) mass is 218 g/mol. The number of nitrogens with zero attached hydrogens (tertiary/aromatic N) is 1. The lowest BCUT2D eigenvalue weighted by atomic mass is 10.2. The fourth-order valence-corrected chi connectivity index (χ4v) is 2.15. The Labute approximate surface area is 96.5 Å². The van der Waals surface area contributed by atoms with Crippen molar-refractivity contribution in [2.24, 2.45) is 0 Å². The summed E-state index contributed by atoms with van der Waals surface area (Å²) >= 11 is 0. The predicted molar refractivity (Wildman–Crippen MR) is 63.9 cm³/mol. The van der Waals surface area contributed by atoms with E-state index in [4.69, 9.17) is 0 Å². The van der Waals surface area contributed by atoms with Crippen LogP contribution in [-0.4, -0.2) is 29.9 Å². The van der Waals surface area contributed by atoms with Gasteiger partial charge in [0.1, 0.15) is 0 Å². The van der Waals surface area contributed by atoms with Gasteiger partial charge in [-0.15, -0.1) is 0 Å². The Bertz CT molecular complexity index is 350. The first kappa shape index (κ1) is 11.1. The number of carbonyl (C=O) groups excluding carboxylic acids is 1. The van der Waals surface area contributed by atoms with Gasteiger partial charge in [-0.3, -0.25) is 4.79 Å². The van der Waals surface area contributed by atoms with Crippen molar-refractivity contribution in [2.75, 3.05) is 13.1 Å². The Kier molecular flexibility index (Phi) is 3.57. The zero-order valence-corrected chi connectivity index (χ0v) is 9.65. The van der Waals surface area contributed by atoms with Crippen molar-refractivity contribution in [2.45, 2.75) is 25.9 Å². The molecule has 86 valence electrons. The number of benzene rings is 1. The Morgan fingerprint density at radius 1 is 1.38 bits per heavy atom. The van der Waals surface area contributed by atoms with Crippen molar-refractivity contribution in [1.82, 2.24) is 10.2 Å². The first-order chi connectivity index (χ1) is 7.79. The molecule has 0 radical (unpaired) electrons. The molecule has 1 unspecified atom stereocenters. The molecule has 1 aliphatic rings. The second-order valence-electron chi connectivity index (χ2n) is 4.22. The maximum atomic E-state index is 11.7.